The van der Waals surface area contributed by atoms with Crippen molar-refractivity contribution in [3.8, 4) is 6.07 Å². The molecule has 0 unspecified atom stereocenters. The van der Waals surface area contributed by atoms with E-state index < -0.39 is 5.60 Å². The van der Waals surface area contributed by atoms with Gasteiger partial charge in [-0.3, -0.25) is 4.79 Å². The predicted octanol–water partition coefficient (Wildman–Crippen LogP) is 6.13. The summed E-state index contributed by atoms with van der Waals surface area (Å²) in [5.74, 6) is 0.998. The minimum absolute atomic E-state index is 0.0358. The molecule has 46 heavy (non-hydrogen) atoms. The average Bonchev–Trinajstić information content (AvgIpc) is 3.03. The molecule has 0 radical (unpaired) electrons. The number of carbonyl (C=O) groups is 1. The molecular formula is C37H48N6O3. The Labute approximate surface area is 272 Å². The molecule has 9 nitrogen and oxygen atoms in total. The number of hydrogen-bond donors (Lipinski definition) is 0. The molecule has 0 spiro atoms. The van der Waals surface area contributed by atoms with E-state index >= 15 is 0 Å². The van der Waals surface area contributed by atoms with Crippen LogP contribution >= 0.6 is 0 Å². The van der Waals surface area contributed by atoms with Crippen LogP contribution in [-0.2, 0) is 11.8 Å². The highest BCUT2D eigenvalue weighted by Crippen LogP contribution is 2.43. The number of pyridine rings is 1. The molecule has 0 saturated carbocycles. The second-order valence-electron chi connectivity index (χ2n) is 14.5. The van der Waals surface area contributed by atoms with Crippen LogP contribution in [-0.4, -0.2) is 78.9 Å². The summed E-state index contributed by atoms with van der Waals surface area (Å²) in [7, 11) is 3.98. The summed E-state index contributed by atoms with van der Waals surface area (Å²) in [6.45, 7) is 14.0. The topological polar surface area (TPSA) is 85.0 Å². The highest BCUT2D eigenvalue weighted by Gasteiger charge is 2.30. The van der Waals surface area contributed by atoms with Gasteiger partial charge < -0.3 is 28.9 Å². The van der Waals surface area contributed by atoms with Crippen molar-refractivity contribution in [2.75, 3.05) is 62.7 Å². The number of nitrogens with zero attached hydrogens (tertiary/aromatic N) is 6. The summed E-state index contributed by atoms with van der Waals surface area (Å²) >= 11 is 0. The minimum Gasteiger partial charge on any atom is -0.444 e. The lowest BCUT2D eigenvalue weighted by Crippen LogP contribution is -2.44. The zero-order valence-electron chi connectivity index (χ0n) is 28.3. The third-order valence-corrected chi connectivity index (χ3v) is 10.1. The molecule has 2 saturated heterocycles. The number of aryl methyl sites for hydroxylation is 2. The number of likely N-dealkylation sites (tertiary alicyclic amines) is 2. The number of aromatic nitrogens is 1. The molecule has 1 aromatic heterocycles. The number of hydrogen-bond acceptors (Lipinski definition) is 7. The molecule has 0 bridgehead atoms. The Balaban J connectivity index is 1.21. The number of carbonyl (C=O) groups excluding carboxylic acids is 1. The van der Waals surface area contributed by atoms with Crippen molar-refractivity contribution in [2.24, 2.45) is 13.0 Å². The molecule has 3 aliphatic heterocycles. The van der Waals surface area contributed by atoms with E-state index in [1.54, 1.807) is 4.57 Å². The van der Waals surface area contributed by atoms with Crippen LogP contribution in [0.15, 0.2) is 41.2 Å². The molecule has 4 heterocycles. The van der Waals surface area contributed by atoms with Gasteiger partial charge in [0.2, 0.25) is 0 Å². The lowest BCUT2D eigenvalue weighted by atomic mass is 9.87. The van der Waals surface area contributed by atoms with Crippen LogP contribution in [0.4, 0.5) is 21.9 Å². The second kappa shape index (κ2) is 12.6. The molecule has 0 aliphatic carbocycles. The number of ether oxygens (including phenoxy) is 1. The third kappa shape index (κ3) is 6.46. The molecule has 9 heteroatoms. The van der Waals surface area contributed by atoms with Crippen LogP contribution in [0.5, 0.6) is 0 Å². The first-order chi connectivity index (χ1) is 21.9. The first-order valence-corrected chi connectivity index (χ1v) is 16.8. The minimum atomic E-state index is -0.465. The van der Waals surface area contributed by atoms with E-state index in [2.05, 4.69) is 39.9 Å². The van der Waals surface area contributed by atoms with Gasteiger partial charge >= 0.3 is 6.09 Å². The first-order valence-electron chi connectivity index (χ1n) is 16.8. The average molecular weight is 625 g/mol. The van der Waals surface area contributed by atoms with E-state index in [-0.39, 0.29) is 11.7 Å². The second-order valence-corrected chi connectivity index (χ2v) is 14.5. The van der Waals surface area contributed by atoms with E-state index in [1.807, 2.05) is 63.9 Å². The number of nitriles is 1. The fraction of sp³-hybridized carbons (Fsp3) is 0.541. The highest BCUT2D eigenvalue weighted by molar-refractivity contribution is 5.97. The van der Waals surface area contributed by atoms with E-state index in [0.717, 1.165) is 105 Å². The van der Waals surface area contributed by atoms with E-state index in [1.165, 1.54) is 5.56 Å². The van der Waals surface area contributed by atoms with Crippen LogP contribution in [0.3, 0.4) is 0 Å². The van der Waals surface area contributed by atoms with Crippen LogP contribution in [0.2, 0.25) is 0 Å². The van der Waals surface area contributed by atoms with Gasteiger partial charge in [0.1, 0.15) is 5.60 Å². The molecule has 0 N–H and O–H groups in total. The smallest absolute Gasteiger partial charge is 0.410 e. The van der Waals surface area contributed by atoms with Crippen molar-refractivity contribution in [3.63, 3.8) is 0 Å². The predicted molar refractivity (Wildman–Crippen MR) is 184 cm³/mol. The van der Waals surface area contributed by atoms with Gasteiger partial charge in [0.25, 0.3) is 5.56 Å². The molecule has 244 valence electrons. The Hall–Kier alpha value is -4.03. The number of benzene rings is 2. The zero-order valence-corrected chi connectivity index (χ0v) is 28.3. The number of rotatable bonds is 4. The number of fused-ring (bicyclic) bond motifs is 2. The number of likely N-dealkylation sites (N-methyl/N-ethyl adjacent to an activating group) is 1. The Morgan fingerprint density at radius 3 is 2.30 bits per heavy atom. The normalized spacial score (nSPS) is 18.5. The van der Waals surface area contributed by atoms with Crippen molar-refractivity contribution in [2.45, 2.75) is 64.9 Å². The van der Waals surface area contributed by atoms with Crippen molar-refractivity contribution in [1.29, 1.82) is 5.26 Å². The summed E-state index contributed by atoms with van der Waals surface area (Å²) in [4.78, 5) is 34.7. The van der Waals surface area contributed by atoms with Gasteiger partial charge in [-0.05, 0) is 120 Å². The number of amides is 1. The zero-order chi connectivity index (χ0) is 32.7. The van der Waals surface area contributed by atoms with Gasteiger partial charge in [0.15, 0.2) is 0 Å². The molecular weight excluding hydrogens is 576 g/mol. The molecule has 2 aromatic carbocycles. The summed E-state index contributed by atoms with van der Waals surface area (Å²) in [6.07, 6.45) is 3.97. The van der Waals surface area contributed by atoms with Gasteiger partial charge in [-0.1, -0.05) is 0 Å². The van der Waals surface area contributed by atoms with Gasteiger partial charge in [0, 0.05) is 57.8 Å². The quantitative estimate of drug-likeness (QED) is 0.345. The molecule has 6 rings (SSSR count). The first kappa shape index (κ1) is 31.9. The highest BCUT2D eigenvalue weighted by atomic mass is 16.6. The molecule has 0 atom stereocenters. The van der Waals surface area contributed by atoms with Crippen LogP contribution in [0.1, 0.15) is 69.1 Å². The van der Waals surface area contributed by atoms with Crippen molar-refractivity contribution < 1.29 is 9.53 Å². The maximum absolute atomic E-state index is 13.1. The molecule has 3 aliphatic rings. The Bertz CT molecular complexity index is 1720. The van der Waals surface area contributed by atoms with Crippen molar-refractivity contribution in [3.05, 3.63) is 63.4 Å². The van der Waals surface area contributed by atoms with Crippen molar-refractivity contribution >= 4 is 34.1 Å². The molecule has 3 aromatic rings. The SMILES string of the molecule is Cc1cc2c(N3CCN(C)c4ccc(C#N)cc43)cc(C3CCN(CC4CCN(C(=O)OC(C)(C)C)CC4)CC3)cc2n(C)c1=O. The fourth-order valence-electron chi connectivity index (χ4n) is 7.49. The number of anilines is 3. The number of piperidine rings is 2. The van der Waals surface area contributed by atoms with E-state index in [0.29, 0.717) is 17.4 Å². The Morgan fingerprint density at radius 2 is 1.63 bits per heavy atom. The summed E-state index contributed by atoms with van der Waals surface area (Å²) in [5.41, 5.74) is 6.43. The fourth-order valence-corrected chi connectivity index (χ4v) is 7.49. The van der Waals surface area contributed by atoms with E-state index in [9.17, 15) is 14.9 Å². The van der Waals surface area contributed by atoms with Gasteiger partial charge in [0.05, 0.1) is 34.2 Å². The maximum atomic E-state index is 13.1. The summed E-state index contributed by atoms with van der Waals surface area (Å²) in [5, 5.41) is 10.8. The lowest BCUT2D eigenvalue weighted by Gasteiger charge is -2.39. The third-order valence-electron chi connectivity index (χ3n) is 10.1. The van der Waals surface area contributed by atoms with Gasteiger partial charge in [-0.25, -0.2) is 4.79 Å². The summed E-state index contributed by atoms with van der Waals surface area (Å²) in [6, 6.07) is 14.9. The van der Waals surface area contributed by atoms with Crippen LogP contribution in [0.25, 0.3) is 10.9 Å². The largest absolute Gasteiger partial charge is 0.444 e. The van der Waals surface area contributed by atoms with Crippen molar-refractivity contribution in [1.82, 2.24) is 14.4 Å². The van der Waals surface area contributed by atoms with E-state index in [4.69, 9.17) is 4.74 Å². The maximum Gasteiger partial charge on any atom is 0.410 e. The summed E-state index contributed by atoms with van der Waals surface area (Å²) < 4.78 is 7.39. The monoisotopic (exact) mass is 624 g/mol. The van der Waals surface area contributed by atoms with Gasteiger partial charge in [-0.15, -0.1) is 0 Å². The Kier molecular flexibility index (Phi) is 8.77. The van der Waals surface area contributed by atoms with Gasteiger partial charge in [-0.2, -0.15) is 5.26 Å². The van der Waals surface area contributed by atoms with Crippen LogP contribution in [0, 0.1) is 24.2 Å². The molecule has 1 amide bonds. The molecule has 2 fully saturated rings. The standard InChI is InChI=1S/C37H48N6O3/c1-25-19-30-32(40(6)35(25)44)21-29(22-33(30)43-18-17-39(5)31-8-7-27(23-38)20-34(31)43)28-11-13-41(14-12-28)24-26-9-15-42(16-10-26)36(45)46-37(2,3)4/h7-8,19-22,26,28H,9-18,24H2,1-6H3. The Morgan fingerprint density at radius 1 is 0.913 bits per heavy atom. The van der Waals surface area contributed by atoms with Crippen LogP contribution < -0.4 is 15.4 Å². The lowest BCUT2D eigenvalue weighted by molar-refractivity contribution is 0.0166.